The molecule has 3 heterocycles. The molecule has 5 heteroatoms. The van der Waals surface area contributed by atoms with Crippen LogP contribution in [0, 0.1) is 13.8 Å². The minimum absolute atomic E-state index is 0.720. The monoisotopic (exact) mass is 377 g/mol. The van der Waals surface area contributed by atoms with E-state index in [1.807, 2.05) is 68.7 Å². The highest BCUT2D eigenvalue weighted by Gasteiger charge is 2.26. The van der Waals surface area contributed by atoms with Gasteiger partial charge >= 0.3 is 0 Å². The summed E-state index contributed by atoms with van der Waals surface area (Å²) in [6.45, 7) is 4.01. The molecule has 0 aliphatic carbocycles. The maximum Gasteiger partial charge on any atom is 0.166 e. The molecule has 0 unspecified atom stereocenters. The van der Waals surface area contributed by atoms with Crippen LogP contribution < -0.4 is 4.90 Å². The van der Waals surface area contributed by atoms with Crippen molar-refractivity contribution < 1.29 is 0 Å². The predicted octanol–water partition coefficient (Wildman–Crippen LogP) is 6.96. The fraction of sp³-hybridized carbons (Fsp3) is 0.0833. The first-order valence-electron chi connectivity index (χ1n) is 9.50. The van der Waals surface area contributed by atoms with E-state index in [2.05, 4.69) is 39.4 Å². The van der Waals surface area contributed by atoms with Crippen LogP contribution in [0.15, 0.2) is 89.4 Å². The lowest BCUT2D eigenvalue weighted by molar-refractivity contribution is 1.12. The summed E-state index contributed by atoms with van der Waals surface area (Å²) in [7, 11) is 0. The van der Waals surface area contributed by atoms with Gasteiger partial charge in [0.05, 0.1) is 5.69 Å². The highest BCUT2D eigenvalue weighted by molar-refractivity contribution is 5.92. The molecule has 0 spiro atoms. The lowest BCUT2D eigenvalue weighted by Crippen LogP contribution is -2.14. The molecule has 1 aliphatic rings. The standard InChI is InChI=1S/C24H19N5/c1-16-12-20-23(25-14-16)29(24-21(28-27-20)13-17(2)15-26-24)22-11-7-6-10-19(22)18-8-4-3-5-9-18/h3-15H,1-2H3. The minimum atomic E-state index is 0.720. The molecule has 2 aromatic carbocycles. The van der Waals surface area contributed by atoms with Gasteiger partial charge in [-0.2, -0.15) is 0 Å². The largest absolute Gasteiger partial charge is 0.275 e. The van der Waals surface area contributed by atoms with Crippen LogP contribution in [0.4, 0.5) is 28.7 Å². The van der Waals surface area contributed by atoms with Gasteiger partial charge < -0.3 is 0 Å². The zero-order valence-electron chi connectivity index (χ0n) is 16.2. The second-order valence-corrected chi connectivity index (χ2v) is 7.13. The average molecular weight is 377 g/mol. The molecular formula is C24H19N5. The smallest absolute Gasteiger partial charge is 0.166 e. The Morgan fingerprint density at radius 3 is 1.83 bits per heavy atom. The van der Waals surface area contributed by atoms with Crippen molar-refractivity contribution in [2.45, 2.75) is 13.8 Å². The van der Waals surface area contributed by atoms with Gasteiger partial charge in [0.1, 0.15) is 11.4 Å². The number of para-hydroxylation sites is 1. The van der Waals surface area contributed by atoms with Crippen LogP contribution in [0.25, 0.3) is 11.1 Å². The van der Waals surface area contributed by atoms with Gasteiger partial charge in [-0.25, -0.2) is 9.97 Å². The number of nitrogens with zero attached hydrogens (tertiary/aromatic N) is 5. The van der Waals surface area contributed by atoms with E-state index in [0.717, 1.165) is 51.0 Å². The van der Waals surface area contributed by atoms with Gasteiger partial charge in [-0.3, -0.25) is 4.90 Å². The van der Waals surface area contributed by atoms with Crippen LogP contribution in [0.1, 0.15) is 11.1 Å². The van der Waals surface area contributed by atoms with E-state index in [-0.39, 0.29) is 0 Å². The first kappa shape index (κ1) is 17.3. The highest BCUT2D eigenvalue weighted by atomic mass is 15.3. The summed E-state index contributed by atoms with van der Waals surface area (Å²) in [5.41, 5.74) is 6.73. The third-order valence-electron chi connectivity index (χ3n) is 4.89. The Morgan fingerprint density at radius 2 is 1.21 bits per heavy atom. The number of azo groups is 1. The van der Waals surface area contributed by atoms with E-state index < -0.39 is 0 Å². The van der Waals surface area contributed by atoms with Gasteiger partial charge in [0.25, 0.3) is 0 Å². The van der Waals surface area contributed by atoms with Crippen LogP contribution >= 0.6 is 0 Å². The van der Waals surface area contributed by atoms with E-state index in [9.17, 15) is 0 Å². The Labute approximate surface area is 169 Å². The number of rotatable bonds is 2. The van der Waals surface area contributed by atoms with Crippen molar-refractivity contribution >= 4 is 28.7 Å². The molecule has 29 heavy (non-hydrogen) atoms. The first-order chi connectivity index (χ1) is 14.2. The average Bonchev–Trinajstić information content (AvgIpc) is 2.90. The molecule has 0 fully saturated rings. The van der Waals surface area contributed by atoms with Crippen LogP contribution in [-0.4, -0.2) is 9.97 Å². The second kappa shape index (κ2) is 6.95. The summed E-state index contributed by atoms with van der Waals surface area (Å²) in [4.78, 5) is 11.5. The first-order valence-corrected chi connectivity index (χ1v) is 9.50. The lowest BCUT2D eigenvalue weighted by Gasteiger charge is -2.26. The molecule has 5 rings (SSSR count). The number of aryl methyl sites for hydroxylation is 2. The number of anilines is 3. The second-order valence-electron chi connectivity index (χ2n) is 7.13. The third-order valence-corrected chi connectivity index (χ3v) is 4.89. The molecule has 2 aromatic heterocycles. The summed E-state index contributed by atoms with van der Waals surface area (Å²) >= 11 is 0. The van der Waals surface area contributed by atoms with E-state index in [1.54, 1.807) is 0 Å². The fourth-order valence-corrected chi connectivity index (χ4v) is 3.55. The van der Waals surface area contributed by atoms with Gasteiger partial charge in [0, 0.05) is 18.0 Å². The Hall–Kier alpha value is -3.86. The summed E-state index contributed by atoms with van der Waals surface area (Å²) in [6, 6.07) is 22.6. The van der Waals surface area contributed by atoms with Crippen molar-refractivity contribution in [2.24, 2.45) is 10.2 Å². The maximum atomic E-state index is 4.72. The maximum absolute atomic E-state index is 4.72. The van der Waals surface area contributed by atoms with Gasteiger partial charge in [-0.1, -0.05) is 48.5 Å². The number of pyridine rings is 2. The van der Waals surface area contributed by atoms with Crippen molar-refractivity contribution in [3.63, 3.8) is 0 Å². The molecular weight excluding hydrogens is 358 g/mol. The SMILES string of the molecule is Cc1cnc2c(c1)N=Nc1cc(C)cnc1N2c1ccccc1-c1ccccc1. The zero-order valence-corrected chi connectivity index (χ0v) is 16.2. The normalized spacial score (nSPS) is 12.3. The van der Waals surface area contributed by atoms with Crippen molar-refractivity contribution in [3.8, 4) is 11.1 Å². The lowest BCUT2D eigenvalue weighted by atomic mass is 10.0. The van der Waals surface area contributed by atoms with E-state index in [4.69, 9.17) is 9.97 Å². The molecule has 0 atom stereocenters. The number of aromatic nitrogens is 2. The number of fused-ring (bicyclic) bond motifs is 2. The molecule has 0 saturated carbocycles. The molecule has 0 radical (unpaired) electrons. The molecule has 0 N–H and O–H groups in total. The van der Waals surface area contributed by atoms with Gasteiger partial charge in [0.2, 0.25) is 0 Å². The Kier molecular flexibility index (Phi) is 4.13. The number of hydrogen-bond acceptors (Lipinski definition) is 5. The number of benzene rings is 2. The molecule has 0 bridgehead atoms. The van der Waals surface area contributed by atoms with Gasteiger partial charge in [-0.05, 0) is 48.7 Å². The topological polar surface area (TPSA) is 53.7 Å². The quantitative estimate of drug-likeness (QED) is 0.334. The zero-order chi connectivity index (χ0) is 19.8. The van der Waals surface area contributed by atoms with Gasteiger partial charge in [0.15, 0.2) is 11.6 Å². The Bertz CT molecular complexity index is 1180. The van der Waals surface area contributed by atoms with Crippen LogP contribution in [0.2, 0.25) is 0 Å². The van der Waals surface area contributed by atoms with Crippen LogP contribution in [0.3, 0.4) is 0 Å². The highest BCUT2D eigenvalue weighted by Crippen LogP contribution is 2.47. The van der Waals surface area contributed by atoms with E-state index >= 15 is 0 Å². The van der Waals surface area contributed by atoms with Gasteiger partial charge in [-0.15, -0.1) is 10.2 Å². The minimum Gasteiger partial charge on any atom is -0.275 e. The van der Waals surface area contributed by atoms with E-state index in [0.29, 0.717) is 0 Å². The summed E-state index contributed by atoms with van der Waals surface area (Å²) in [5.74, 6) is 1.44. The van der Waals surface area contributed by atoms with Crippen molar-refractivity contribution in [2.75, 3.05) is 4.90 Å². The van der Waals surface area contributed by atoms with E-state index in [1.165, 1.54) is 0 Å². The Balaban J connectivity index is 1.81. The Morgan fingerprint density at radius 1 is 0.655 bits per heavy atom. The molecule has 1 aliphatic heterocycles. The summed E-state index contributed by atoms with van der Waals surface area (Å²) in [6.07, 6.45) is 3.71. The van der Waals surface area contributed by atoms with Crippen LogP contribution in [0.5, 0.6) is 0 Å². The molecule has 0 saturated heterocycles. The van der Waals surface area contributed by atoms with Crippen LogP contribution in [-0.2, 0) is 0 Å². The summed E-state index contributed by atoms with van der Waals surface area (Å²) < 4.78 is 0. The molecule has 4 aromatic rings. The fourth-order valence-electron chi connectivity index (χ4n) is 3.55. The third kappa shape index (κ3) is 3.06. The number of hydrogen-bond donors (Lipinski definition) is 0. The molecule has 5 nitrogen and oxygen atoms in total. The molecule has 0 amide bonds. The van der Waals surface area contributed by atoms with Crippen molar-refractivity contribution in [1.29, 1.82) is 0 Å². The summed E-state index contributed by atoms with van der Waals surface area (Å²) in [5, 5.41) is 8.98. The van der Waals surface area contributed by atoms with Crippen molar-refractivity contribution in [3.05, 3.63) is 90.3 Å². The predicted molar refractivity (Wildman–Crippen MR) is 116 cm³/mol. The van der Waals surface area contributed by atoms with Crippen molar-refractivity contribution in [1.82, 2.24) is 9.97 Å². The molecule has 140 valence electrons.